The molecule has 3 rings (SSSR count). The zero-order valence-electron chi connectivity index (χ0n) is 18.7. The number of hydrogen-bond acceptors (Lipinski definition) is 3. The van der Waals surface area contributed by atoms with Gasteiger partial charge in [0.1, 0.15) is 0 Å². The number of carbonyl (C=O) groups is 1. The Kier molecular flexibility index (Phi) is 8.83. The van der Waals surface area contributed by atoms with Crippen LogP contribution in [0.15, 0.2) is 59.5 Å². The molecular formula is C26H36N2OS. The molecule has 1 aliphatic rings. The molecular weight excluding hydrogens is 388 g/mol. The third-order valence-electron chi connectivity index (χ3n) is 5.83. The second-order valence-electron chi connectivity index (χ2n) is 8.82. The third-order valence-corrected chi connectivity index (χ3v) is 6.98. The Morgan fingerprint density at radius 2 is 1.70 bits per heavy atom. The summed E-state index contributed by atoms with van der Waals surface area (Å²) in [7, 11) is 0. The van der Waals surface area contributed by atoms with Gasteiger partial charge >= 0.3 is 0 Å². The van der Waals surface area contributed by atoms with E-state index in [9.17, 15) is 4.79 Å². The highest BCUT2D eigenvalue weighted by atomic mass is 32.2. The van der Waals surface area contributed by atoms with Crippen molar-refractivity contribution in [3.63, 3.8) is 0 Å². The Bertz CT molecular complexity index is 775. The second kappa shape index (κ2) is 11.6. The fourth-order valence-electron chi connectivity index (χ4n) is 4.08. The van der Waals surface area contributed by atoms with Crippen LogP contribution in [0.5, 0.6) is 0 Å². The first-order chi connectivity index (χ1) is 14.5. The number of carbonyl (C=O) groups excluding carboxylic acids is 1. The van der Waals surface area contributed by atoms with Crippen LogP contribution in [0.4, 0.5) is 0 Å². The third kappa shape index (κ3) is 7.17. The molecule has 0 spiro atoms. The van der Waals surface area contributed by atoms with Crippen molar-refractivity contribution in [3.05, 3.63) is 65.7 Å². The van der Waals surface area contributed by atoms with Crippen LogP contribution in [0.2, 0.25) is 0 Å². The monoisotopic (exact) mass is 424 g/mol. The average Bonchev–Trinajstić information content (AvgIpc) is 2.93. The zero-order chi connectivity index (χ0) is 21.3. The first kappa shape index (κ1) is 22.9. The van der Waals surface area contributed by atoms with Gasteiger partial charge in [0, 0.05) is 49.3 Å². The van der Waals surface area contributed by atoms with Crippen molar-refractivity contribution in [1.29, 1.82) is 0 Å². The molecule has 1 atom stereocenters. The van der Waals surface area contributed by atoms with Crippen molar-refractivity contribution in [2.24, 2.45) is 5.92 Å². The minimum Gasteiger partial charge on any atom is -0.338 e. The average molecular weight is 425 g/mol. The van der Waals surface area contributed by atoms with Crippen molar-refractivity contribution in [2.45, 2.75) is 51.0 Å². The minimum absolute atomic E-state index is 0.304. The van der Waals surface area contributed by atoms with E-state index in [-0.39, 0.29) is 0 Å². The molecule has 1 amide bonds. The molecule has 2 aromatic carbocycles. The first-order valence-electron chi connectivity index (χ1n) is 11.3. The summed E-state index contributed by atoms with van der Waals surface area (Å²) in [5.74, 6) is 1.88. The van der Waals surface area contributed by atoms with Gasteiger partial charge in [-0.3, -0.25) is 4.79 Å². The van der Waals surface area contributed by atoms with E-state index in [0.29, 0.717) is 24.3 Å². The maximum atomic E-state index is 13.0. The molecule has 0 aliphatic carbocycles. The summed E-state index contributed by atoms with van der Waals surface area (Å²) in [6, 6.07) is 19.7. The molecule has 3 nitrogen and oxygen atoms in total. The molecule has 0 N–H and O–H groups in total. The molecule has 162 valence electrons. The molecule has 2 aromatic rings. The summed E-state index contributed by atoms with van der Waals surface area (Å²) in [4.78, 5) is 18.9. The number of rotatable bonds is 9. The summed E-state index contributed by atoms with van der Waals surface area (Å²) in [6.45, 7) is 10.4. The molecule has 4 heteroatoms. The molecule has 0 unspecified atom stereocenters. The standard InChI is InChI=1S/C26H36N2OS/c1-21(2)19-24(20-30-25-11-9-22(3)10-12-25)28-18-17-27(16-14-26(28)29)15-13-23-7-5-4-6-8-23/h4-12,21,24H,13-20H2,1-3H3/t24-/m0/s1. The van der Waals surface area contributed by atoms with Crippen LogP contribution < -0.4 is 0 Å². The summed E-state index contributed by atoms with van der Waals surface area (Å²) < 4.78 is 0. The number of aryl methyl sites for hydroxylation is 1. The Labute approximate surface area is 186 Å². The number of benzene rings is 2. The van der Waals surface area contributed by atoms with Gasteiger partial charge in [0.25, 0.3) is 0 Å². The van der Waals surface area contributed by atoms with Crippen LogP contribution in [0.25, 0.3) is 0 Å². The van der Waals surface area contributed by atoms with E-state index in [0.717, 1.165) is 44.8 Å². The van der Waals surface area contributed by atoms with E-state index < -0.39 is 0 Å². The Hall–Kier alpha value is -1.78. The summed E-state index contributed by atoms with van der Waals surface area (Å²) >= 11 is 1.88. The van der Waals surface area contributed by atoms with E-state index >= 15 is 0 Å². The van der Waals surface area contributed by atoms with E-state index in [4.69, 9.17) is 0 Å². The highest BCUT2D eigenvalue weighted by molar-refractivity contribution is 7.99. The molecule has 0 aromatic heterocycles. The van der Waals surface area contributed by atoms with Gasteiger partial charge in [-0.1, -0.05) is 61.9 Å². The van der Waals surface area contributed by atoms with Gasteiger partial charge in [-0.2, -0.15) is 0 Å². The van der Waals surface area contributed by atoms with E-state index in [1.807, 2.05) is 11.8 Å². The van der Waals surface area contributed by atoms with Gasteiger partial charge < -0.3 is 9.80 Å². The lowest BCUT2D eigenvalue weighted by atomic mass is 10.0. The SMILES string of the molecule is Cc1ccc(SC[C@H](CC(C)C)N2CCN(CCc3ccccc3)CCC2=O)cc1. The fourth-order valence-corrected chi connectivity index (χ4v) is 5.11. The van der Waals surface area contributed by atoms with Crippen molar-refractivity contribution < 1.29 is 4.79 Å². The van der Waals surface area contributed by atoms with Gasteiger partial charge in [0.15, 0.2) is 0 Å². The van der Waals surface area contributed by atoms with Crippen LogP contribution in [-0.2, 0) is 11.2 Å². The van der Waals surface area contributed by atoms with Crippen molar-refractivity contribution in [2.75, 3.05) is 31.9 Å². The van der Waals surface area contributed by atoms with Crippen LogP contribution >= 0.6 is 11.8 Å². The highest BCUT2D eigenvalue weighted by Gasteiger charge is 2.27. The van der Waals surface area contributed by atoms with Gasteiger partial charge in [-0.25, -0.2) is 0 Å². The molecule has 0 saturated carbocycles. The van der Waals surface area contributed by atoms with Crippen LogP contribution in [-0.4, -0.2) is 53.7 Å². The van der Waals surface area contributed by atoms with Gasteiger partial charge in [-0.05, 0) is 43.4 Å². The molecule has 1 saturated heterocycles. The Morgan fingerprint density at radius 3 is 2.40 bits per heavy atom. The number of thioether (sulfide) groups is 1. The van der Waals surface area contributed by atoms with Gasteiger partial charge in [-0.15, -0.1) is 11.8 Å². The second-order valence-corrected chi connectivity index (χ2v) is 9.92. The van der Waals surface area contributed by atoms with Crippen LogP contribution in [0.3, 0.4) is 0 Å². The summed E-state index contributed by atoms with van der Waals surface area (Å²) in [5, 5.41) is 0. The van der Waals surface area contributed by atoms with E-state index in [2.05, 4.69) is 85.2 Å². The maximum absolute atomic E-state index is 13.0. The lowest BCUT2D eigenvalue weighted by Crippen LogP contribution is -2.43. The number of hydrogen-bond donors (Lipinski definition) is 0. The van der Waals surface area contributed by atoms with Crippen molar-refractivity contribution >= 4 is 17.7 Å². The van der Waals surface area contributed by atoms with E-state index in [1.54, 1.807) is 0 Å². The van der Waals surface area contributed by atoms with Crippen LogP contribution in [0.1, 0.15) is 37.8 Å². The molecule has 0 bridgehead atoms. The normalized spacial score (nSPS) is 16.7. The fraction of sp³-hybridized carbons (Fsp3) is 0.500. The van der Waals surface area contributed by atoms with Gasteiger partial charge in [0.05, 0.1) is 0 Å². The molecule has 0 radical (unpaired) electrons. The van der Waals surface area contributed by atoms with Crippen molar-refractivity contribution in [3.8, 4) is 0 Å². The lowest BCUT2D eigenvalue weighted by Gasteiger charge is -2.32. The summed E-state index contributed by atoms with van der Waals surface area (Å²) in [6.07, 6.45) is 2.75. The van der Waals surface area contributed by atoms with Gasteiger partial charge in [0.2, 0.25) is 5.91 Å². The largest absolute Gasteiger partial charge is 0.338 e. The quantitative estimate of drug-likeness (QED) is 0.512. The number of amides is 1. The molecule has 1 aliphatic heterocycles. The van der Waals surface area contributed by atoms with Crippen molar-refractivity contribution in [1.82, 2.24) is 9.80 Å². The zero-order valence-corrected chi connectivity index (χ0v) is 19.5. The highest BCUT2D eigenvalue weighted by Crippen LogP contribution is 2.25. The Morgan fingerprint density at radius 1 is 0.967 bits per heavy atom. The predicted molar refractivity (Wildman–Crippen MR) is 128 cm³/mol. The maximum Gasteiger partial charge on any atom is 0.224 e. The molecule has 30 heavy (non-hydrogen) atoms. The summed E-state index contributed by atoms with van der Waals surface area (Å²) in [5.41, 5.74) is 2.66. The molecule has 1 heterocycles. The topological polar surface area (TPSA) is 23.6 Å². The number of nitrogens with zero attached hydrogens (tertiary/aromatic N) is 2. The predicted octanol–water partition coefficient (Wildman–Crippen LogP) is 5.28. The van der Waals surface area contributed by atoms with Crippen LogP contribution in [0, 0.1) is 12.8 Å². The first-order valence-corrected chi connectivity index (χ1v) is 12.2. The minimum atomic E-state index is 0.304. The Balaban J connectivity index is 1.58. The van der Waals surface area contributed by atoms with E-state index in [1.165, 1.54) is 16.0 Å². The molecule has 1 fully saturated rings. The smallest absolute Gasteiger partial charge is 0.224 e. The lowest BCUT2D eigenvalue weighted by molar-refractivity contribution is -0.132.